The topological polar surface area (TPSA) is 149 Å². The average molecular weight is 559 g/mol. The number of anilines is 1. The molecule has 0 spiro atoms. The predicted octanol–water partition coefficient (Wildman–Crippen LogP) is 0.581. The fourth-order valence-electron chi connectivity index (χ4n) is 3.54. The van der Waals surface area contributed by atoms with E-state index in [1.807, 2.05) is 29.8 Å². The molecule has 0 fully saturated rings. The van der Waals surface area contributed by atoms with Gasteiger partial charge in [-0.1, -0.05) is 0 Å². The van der Waals surface area contributed by atoms with Gasteiger partial charge in [0.25, 0.3) is 0 Å². The van der Waals surface area contributed by atoms with Crippen molar-refractivity contribution in [3.63, 3.8) is 0 Å². The molecule has 2 rings (SSSR count). The van der Waals surface area contributed by atoms with E-state index in [0.717, 1.165) is 22.5 Å². The highest BCUT2D eigenvalue weighted by atomic mass is 35.5. The van der Waals surface area contributed by atoms with E-state index >= 15 is 0 Å². The summed E-state index contributed by atoms with van der Waals surface area (Å²) < 4.78 is 6.91. The lowest BCUT2D eigenvalue weighted by atomic mass is 10.0. The van der Waals surface area contributed by atoms with Crippen molar-refractivity contribution in [2.75, 3.05) is 43.0 Å². The number of hydrogen-bond acceptors (Lipinski definition) is 9. The van der Waals surface area contributed by atoms with Crippen molar-refractivity contribution in [3.05, 3.63) is 24.0 Å². The van der Waals surface area contributed by atoms with Gasteiger partial charge in [0.15, 0.2) is 0 Å². The van der Waals surface area contributed by atoms with Crippen molar-refractivity contribution in [2.45, 2.75) is 43.7 Å². The van der Waals surface area contributed by atoms with Crippen molar-refractivity contribution in [1.29, 1.82) is 0 Å². The number of aliphatic hydroxyl groups is 5. The van der Waals surface area contributed by atoms with E-state index in [9.17, 15) is 25.2 Å². The monoisotopic (exact) mass is 557 g/mol. The quantitative estimate of drug-likeness (QED) is 0.156. The SMILES string of the molecule is Cl.Cn1c(CCCC(=O)OCC(O)C(O)C(O)C(O)CO)nc2cc(N(CCCl)CCCl)ccc21. The molecule has 0 aliphatic rings. The Balaban J connectivity index is 0.00000612. The molecule has 1 aromatic heterocycles. The highest BCUT2D eigenvalue weighted by Crippen LogP contribution is 2.23. The number of fused-ring (bicyclic) bond motifs is 1. The van der Waals surface area contributed by atoms with Gasteiger partial charge in [-0.05, 0) is 24.6 Å². The lowest BCUT2D eigenvalue weighted by molar-refractivity contribution is -0.156. The number of imidazole rings is 1. The Labute approximate surface area is 220 Å². The second-order valence-electron chi connectivity index (χ2n) is 7.96. The van der Waals surface area contributed by atoms with E-state index in [0.29, 0.717) is 37.7 Å². The zero-order chi connectivity index (χ0) is 25.3. The number of carbonyl (C=O) groups is 1. The number of aromatic nitrogens is 2. The van der Waals surface area contributed by atoms with Crippen molar-refractivity contribution in [2.24, 2.45) is 7.05 Å². The van der Waals surface area contributed by atoms with Gasteiger partial charge < -0.3 is 39.7 Å². The smallest absolute Gasteiger partial charge is 0.305 e. The molecule has 4 atom stereocenters. The van der Waals surface area contributed by atoms with Crippen LogP contribution < -0.4 is 4.90 Å². The predicted molar refractivity (Wildman–Crippen MR) is 137 cm³/mol. The number of benzene rings is 1. The van der Waals surface area contributed by atoms with Crippen LogP contribution in [0.4, 0.5) is 5.69 Å². The van der Waals surface area contributed by atoms with Gasteiger partial charge in [0.1, 0.15) is 36.8 Å². The van der Waals surface area contributed by atoms with E-state index in [-0.39, 0.29) is 18.8 Å². The second-order valence-corrected chi connectivity index (χ2v) is 8.72. The maximum Gasteiger partial charge on any atom is 0.305 e. The summed E-state index contributed by atoms with van der Waals surface area (Å²) in [5.41, 5.74) is 2.77. The minimum atomic E-state index is -1.77. The lowest BCUT2D eigenvalue weighted by Crippen LogP contribution is -2.47. The van der Waals surface area contributed by atoms with Crippen molar-refractivity contribution >= 4 is 58.3 Å². The molecule has 200 valence electrons. The van der Waals surface area contributed by atoms with Crippen LogP contribution in [0, 0.1) is 0 Å². The minimum absolute atomic E-state index is 0. The van der Waals surface area contributed by atoms with E-state index in [4.69, 9.17) is 33.0 Å². The number of rotatable bonds is 15. The van der Waals surface area contributed by atoms with Crippen molar-refractivity contribution < 1.29 is 35.1 Å². The molecule has 0 aliphatic carbocycles. The zero-order valence-corrected chi connectivity index (χ0v) is 21.8. The van der Waals surface area contributed by atoms with Crippen molar-refractivity contribution in [1.82, 2.24) is 9.55 Å². The third kappa shape index (κ3) is 8.91. The summed E-state index contributed by atoms with van der Waals surface area (Å²) >= 11 is 11.8. The number of esters is 1. The Morgan fingerprint density at radius 2 is 1.74 bits per heavy atom. The first-order valence-corrected chi connectivity index (χ1v) is 12.1. The molecule has 1 heterocycles. The van der Waals surface area contributed by atoms with Gasteiger partial charge in [0.05, 0.1) is 17.6 Å². The Kier molecular flexibility index (Phi) is 14.2. The molecule has 0 saturated carbocycles. The molecule has 4 unspecified atom stereocenters. The Bertz CT molecular complexity index is 912. The van der Waals surface area contributed by atoms with Gasteiger partial charge in [0.2, 0.25) is 0 Å². The molecule has 5 N–H and O–H groups in total. The van der Waals surface area contributed by atoms with Gasteiger partial charge in [-0.15, -0.1) is 35.6 Å². The maximum absolute atomic E-state index is 12.0. The Morgan fingerprint density at radius 1 is 1.11 bits per heavy atom. The van der Waals surface area contributed by atoms with Crippen molar-refractivity contribution in [3.8, 4) is 0 Å². The number of nitrogens with zero attached hydrogens (tertiary/aromatic N) is 3. The van der Waals surface area contributed by atoms with E-state index in [2.05, 4.69) is 9.88 Å². The summed E-state index contributed by atoms with van der Waals surface area (Å²) in [6.07, 6.45) is -5.72. The number of carbonyl (C=O) groups excluding carboxylic acids is 1. The summed E-state index contributed by atoms with van der Waals surface area (Å²) in [6.45, 7) is 0.0152. The molecular formula is C22H34Cl3N3O7. The third-order valence-corrected chi connectivity index (χ3v) is 5.89. The minimum Gasteiger partial charge on any atom is -0.463 e. The van der Waals surface area contributed by atoms with Crippen LogP contribution in [0.1, 0.15) is 18.7 Å². The molecule has 0 aliphatic heterocycles. The van der Waals surface area contributed by atoms with Gasteiger partial charge in [-0.25, -0.2) is 4.98 Å². The third-order valence-electron chi connectivity index (χ3n) is 5.55. The van der Waals surface area contributed by atoms with Crippen LogP contribution in [0.15, 0.2) is 18.2 Å². The van der Waals surface area contributed by atoms with Crippen LogP contribution >= 0.6 is 35.6 Å². The Hall–Kier alpha value is -1.37. The summed E-state index contributed by atoms with van der Waals surface area (Å²) in [6, 6.07) is 5.97. The van der Waals surface area contributed by atoms with E-state index in [1.165, 1.54) is 0 Å². The first-order valence-electron chi connectivity index (χ1n) is 11.0. The molecule has 1 aromatic carbocycles. The molecular weight excluding hydrogens is 525 g/mol. The molecule has 0 amide bonds. The van der Waals surface area contributed by atoms with Gasteiger partial charge in [-0.3, -0.25) is 4.79 Å². The number of hydrogen-bond donors (Lipinski definition) is 5. The first-order chi connectivity index (χ1) is 16.2. The summed E-state index contributed by atoms with van der Waals surface area (Å²) in [4.78, 5) is 18.8. The van der Waals surface area contributed by atoms with Crippen LogP contribution in [-0.2, 0) is 23.0 Å². The van der Waals surface area contributed by atoms with Crippen LogP contribution in [0.3, 0.4) is 0 Å². The van der Waals surface area contributed by atoms with Crippen LogP contribution in [0.5, 0.6) is 0 Å². The number of aliphatic hydroxyl groups excluding tert-OH is 5. The number of halogens is 3. The molecule has 10 nitrogen and oxygen atoms in total. The summed E-state index contributed by atoms with van der Waals surface area (Å²) in [7, 11) is 1.90. The number of aryl methyl sites for hydroxylation is 2. The van der Waals surface area contributed by atoms with Crippen LogP contribution in [-0.4, -0.2) is 104 Å². The van der Waals surface area contributed by atoms with Crippen LogP contribution in [0.2, 0.25) is 0 Å². The fraction of sp³-hybridized carbons (Fsp3) is 0.636. The molecule has 35 heavy (non-hydrogen) atoms. The summed E-state index contributed by atoms with van der Waals surface area (Å²) in [5.74, 6) is 1.19. The second kappa shape index (κ2) is 15.7. The van der Waals surface area contributed by atoms with E-state index in [1.54, 1.807) is 0 Å². The lowest BCUT2D eigenvalue weighted by Gasteiger charge is -2.25. The molecule has 13 heteroatoms. The highest BCUT2D eigenvalue weighted by Gasteiger charge is 2.30. The van der Waals surface area contributed by atoms with Crippen LogP contribution in [0.25, 0.3) is 11.0 Å². The molecule has 0 saturated heterocycles. The molecule has 0 radical (unpaired) electrons. The fourth-order valence-corrected chi connectivity index (χ4v) is 3.94. The largest absolute Gasteiger partial charge is 0.463 e. The maximum atomic E-state index is 12.0. The Morgan fingerprint density at radius 3 is 2.34 bits per heavy atom. The highest BCUT2D eigenvalue weighted by molar-refractivity contribution is 6.18. The molecule has 2 aromatic rings. The zero-order valence-electron chi connectivity index (χ0n) is 19.5. The van der Waals surface area contributed by atoms with Gasteiger partial charge >= 0.3 is 5.97 Å². The number of ether oxygens (including phenoxy) is 1. The average Bonchev–Trinajstić information content (AvgIpc) is 3.15. The summed E-state index contributed by atoms with van der Waals surface area (Å²) in [5, 5.41) is 47.3. The van der Waals surface area contributed by atoms with E-state index < -0.39 is 43.6 Å². The number of alkyl halides is 2. The van der Waals surface area contributed by atoms with Gasteiger partial charge in [0, 0.05) is 50.4 Å². The molecule has 0 bridgehead atoms. The standard InChI is InChI=1S/C22H33Cl2N3O7.ClH/c1-26-16-6-5-14(27(9-7-23)10-8-24)11-15(16)25-19(26)3-2-4-20(31)34-13-18(30)22(33)21(32)17(29)12-28;/h5-6,11,17-18,21-22,28-30,32-33H,2-4,7-10,12-13H2,1H3;1H. The first kappa shape index (κ1) is 31.7. The van der Waals surface area contributed by atoms with Gasteiger partial charge in [-0.2, -0.15) is 0 Å². The normalized spacial score (nSPS) is 14.7.